The van der Waals surface area contributed by atoms with E-state index in [0.29, 0.717) is 42.6 Å². The van der Waals surface area contributed by atoms with Crippen molar-refractivity contribution in [2.24, 2.45) is 0 Å². The number of rotatable bonds is 5. The third-order valence-corrected chi connectivity index (χ3v) is 8.68. The number of aliphatic hydroxyl groups is 1. The molecule has 5 heterocycles. The number of pyridine rings is 1. The number of carbonyl (C=O) groups excluding carboxylic acids is 2. The molecule has 3 fully saturated rings. The fraction of sp³-hybridized carbons (Fsp3) is 0.367. The molecule has 1 aliphatic carbocycles. The first kappa shape index (κ1) is 24.0. The molecule has 198 valence electrons. The largest absolute Gasteiger partial charge is 0.383 e. The predicted octanol–water partition coefficient (Wildman–Crippen LogP) is 4.01. The van der Waals surface area contributed by atoms with E-state index >= 15 is 0 Å². The number of amides is 1. The van der Waals surface area contributed by atoms with Gasteiger partial charge in [-0.15, -0.1) is 0 Å². The Balaban J connectivity index is 1.26. The Hall–Kier alpha value is -4.11. The van der Waals surface area contributed by atoms with E-state index in [1.807, 2.05) is 53.6 Å². The average Bonchev–Trinajstić information content (AvgIpc) is 3.46. The van der Waals surface area contributed by atoms with E-state index in [1.165, 1.54) is 11.4 Å². The predicted molar refractivity (Wildman–Crippen MR) is 146 cm³/mol. The zero-order valence-corrected chi connectivity index (χ0v) is 21.7. The Bertz CT molecular complexity index is 1600. The lowest BCUT2D eigenvalue weighted by Crippen LogP contribution is -2.51. The molecule has 0 radical (unpaired) electrons. The lowest BCUT2D eigenvalue weighted by atomic mass is 9.85. The highest BCUT2D eigenvalue weighted by Crippen LogP contribution is 2.48. The summed E-state index contributed by atoms with van der Waals surface area (Å²) in [5, 5.41) is 15.0. The summed E-state index contributed by atoms with van der Waals surface area (Å²) >= 11 is 0. The van der Waals surface area contributed by atoms with Crippen molar-refractivity contribution in [2.75, 3.05) is 5.73 Å². The molecule has 3 N–H and O–H groups in total. The molecule has 3 aromatic heterocycles. The molecule has 2 bridgehead atoms. The number of carbonyl (C=O) groups is 2. The van der Waals surface area contributed by atoms with E-state index < -0.39 is 5.60 Å². The van der Waals surface area contributed by atoms with Gasteiger partial charge in [0.25, 0.3) is 5.91 Å². The molecule has 1 amide bonds. The Morgan fingerprint density at radius 3 is 2.33 bits per heavy atom. The van der Waals surface area contributed by atoms with Crippen molar-refractivity contribution in [1.29, 1.82) is 0 Å². The number of nitrogens with zero attached hydrogens (tertiary/aromatic N) is 5. The molecule has 9 nitrogen and oxygen atoms in total. The maximum atomic E-state index is 13.0. The van der Waals surface area contributed by atoms with Crippen LogP contribution in [-0.2, 0) is 4.79 Å². The van der Waals surface area contributed by atoms with Gasteiger partial charge in [0.15, 0.2) is 11.4 Å². The molecular weight excluding hydrogens is 492 g/mol. The number of hydrogen-bond donors (Lipinski definition) is 2. The van der Waals surface area contributed by atoms with Crippen LogP contribution in [0, 0.1) is 0 Å². The number of aromatic nitrogens is 4. The van der Waals surface area contributed by atoms with Crippen molar-refractivity contribution in [3.8, 4) is 22.4 Å². The van der Waals surface area contributed by atoms with Gasteiger partial charge in [0.05, 0.1) is 23.1 Å². The van der Waals surface area contributed by atoms with E-state index in [0.717, 1.165) is 35.2 Å². The maximum absolute atomic E-state index is 13.0. The Morgan fingerprint density at radius 1 is 1.00 bits per heavy atom. The fourth-order valence-electron chi connectivity index (χ4n) is 6.53. The number of ketones is 1. The second-order valence-corrected chi connectivity index (χ2v) is 11.2. The zero-order chi connectivity index (χ0) is 26.9. The number of nitrogen functional groups attached to an aromatic ring is 1. The molecule has 7 rings (SSSR count). The molecular formula is C30H30N6O3. The van der Waals surface area contributed by atoms with Gasteiger partial charge in [-0.05, 0) is 51.5 Å². The molecule has 2 aliphatic heterocycles. The van der Waals surface area contributed by atoms with Gasteiger partial charge >= 0.3 is 0 Å². The first-order valence-corrected chi connectivity index (χ1v) is 13.6. The van der Waals surface area contributed by atoms with Gasteiger partial charge in [-0.1, -0.05) is 36.4 Å². The van der Waals surface area contributed by atoms with Gasteiger partial charge in [0, 0.05) is 40.9 Å². The van der Waals surface area contributed by atoms with Crippen molar-refractivity contribution in [3.63, 3.8) is 0 Å². The van der Waals surface area contributed by atoms with Crippen LogP contribution in [0.3, 0.4) is 0 Å². The highest BCUT2D eigenvalue weighted by Gasteiger charge is 2.55. The van der Waals surface area contributed by atoms with Crippen molar-refractivity contribution in [2.45, 2.75) is 69.1 Å². The molecule has 1 unspecified atom stereocenters. The second kappa shape index (κ2) is 8.71. The van der Waals surface area contributed by atoms with Crippen LogP contribution in [0.15, 0.2) is 54.9 Å². The minimum atomic E-state index is -1.17. The quantitative estimate of drug-likeness (QED) is 0.379. The Morgan fingerprint density at radius 2 is 1.72 bits per heavy atom. The number of fused-ring (bicyclic) bond motifs is 3. The van der Waals surface area contributed by atoms with Gasteiger partial charge < -0.3 is 15.7 Å². The van der Waals surface area contributed by atoms with Gasteiger partial charge in [-0.3, -0.25) is 14.6 Å². The summed E-state index contributed by atoms with van der Waals surface area (Å²) in [6, 6.07) is 14.0. The van der Waals surface area contributed by atoms with Crippen LogP contribution in [0.25, 0.3) is 28.0 Å². The first-order chi connectivity index (χ1) is 18.8. The molecule has 9 heteroatoms. The SMILES string of the molecule is CC(=O)c1c(C2C[C@H]3CC[C@@H](C2)N3C(=O)C2(O)CC2)nc2c(-c3ccc(-c4ccccc4)nc3)cnn2c1N. The molecule has 39 heavy (non-hydrogen) atoms. The third-order valence-electron chi connectivity index (χ3n) is 8.68. The molecule has 3 atom stereocenters. The van der Waals surface area contributed by atoms with Gasteiger partial charge in [0.2, 0.25) is 0 Å². The van der Waals surface area contributed by atoms with Crippen LogP contribution < -0.4 is 5.73 Å². The highest BCUT2D eigenvalue weighted by atomic mass is 16.3. The van der Waals surface area contributed by atoms with Crippen LogP contribution in [0.2, 0.25) is 0 Å². The minimum Gasteiger partial charge on any atom is -0.383 e. The molecule has 2 saturated heterocycles. The van der Waals surface area contributed by atoms with Crippen LogP contribution in [0.5, 0.6) is 0 Å². The summed E-state index contributed by atoms with van der Waals surface area (Å²) < 4.78 is 1.54. The number of piperidine rings is 1. The number of Topliss-reactive ketones (excluding diaryl/α,β-unsaturated/α-hetero) is 1. The number of anilines is 1. The number of hydrogen-bond acceptors (Lipinski definition) is 7. The van der Waals surface area contributed by atoms with Crippen molar-refractivity contribution in [3.05, 3.63) is 66.1 Å². The van der Waals surface area contributed by atoms with E-state index in [4.69, 9.17) is 10.7 Å². The average molecular weight is 523 g/mol. The Labute approximate surface area is 225 Å². The van der Waals surface area contributed by atoms with Crippen LogP contribution >= 0.6 is 0 Å². The summed E-state index contributed by atoms with van der Waals surface area (Å²) in [5.74, 6) is -0.0256. The second-order valence-electron chi connectivity index (χ2n) is 11.2. The zero-order valence-electron chi connectivity index (χ0n) is 21.7. The lowest BCUT2D eigenvalue weighted by Gasteiger charge is -2.40. The summed E-state index contributed by atoms with van der Waals surface area (Å²) in [6.45, 7) is 1.51. The molecule has 4 aromatic rings. The fourth-order valence-corrected chi connectivity index (χ4v) is 6.53. The number of benzene rings is 1. The third kappa shape index (κ3) is 3.83. The summed E-state index contributed by atoms with van der Waals surface area (Å²) in [4.78, 5) is 37.5. The molecule has 1 aromatic carbocycles. The minimum absolute atomic E-state index is 0.0204. The standard InChI is InChI=1S/C30H30N6O3/c1-17(37)25-26(20-13-21-8-9-22(14-20)35(21)29(38)30(39)11-12-30)34-28-23(16-33-36(28)27(25)31)19-7-10-24(32-15-19)18-5-3-2-4-6-18/h2-7,10,15-16,20-22,39H,8-9,11-14,31H2,1H3/t20?,21-,22+. The van der Waals surface area contributed by atoms with E-state index in [-0.39, 0.29) is 35.5 Å². The summed E-state index contributed by atoms with van der Waals surface area (Å²) in [6.07, 6.45) is 7.78. The van der Waals surface area contributed by atoms with Gasteiger partial charge in [0.1, 0.15) is 11.4 Å². The smallest absolute Gasteiger partial charge is 0.255 e. The van der Waals surface area contributed by atoms with E-state index in [9.17, 15) is 14.7 Å². The van der Waals surface area contributed by atoms with E-state index in [1.54, 1.807) is 6.20 Å². The summed E-state index contributed by atoms with van der Waals surface area (Å²) in [7, 11) is 0. The molecule has 1 saturated carbocycles. The normalized spacial score (nSPS) is 23.2. The first-order valence-electron chi connectivity index (χ1n) is 13.6. The van der Waals surface area contributed by atoms with Crippen molar-refractivity contribution < 1.29 is 14.7 Å². The monoisotopic (exact) mass is 522 g/mol. The molecule has 3 aliphatic rings. The van der Waals surface area contributed by atoms with Crippen molar-refractivity contribution in [1.82, 2.24) is 24.5 Å². The van der Waals surface area contributed by atoms with E-state index in [2.05, 4.69) is 10.1 Å². The van der Waals surface area contributed by atoms with Crippen LogP contribution in [0.1, 0.15) is 67.4 Å². The van der Waals surface area contributed by atoms with Gasteiger partial charge in [-0.2, -0.15) is 9.61 Å². The topological polar surface area (TPSA) is 127 Å². The van der Waals surface area contributed by atoms with Crippen LogP contribution in [-0.4, -0.2) is 59.0 Å². The maximum Gasteiger partial charge on any atom is 0.255 e. The number of nitrogens with two attached hydrogens (primary N) is 1. The Kier molecular flexibility index (Phi) is 5.35. The lowest BCUT2D eigenvalue weighted by molar-refractivity contribution is -0.147. The van der Waals surface area contributed by atoms with Crippen LogP contribution in [0.4, 0.5) is 5.82 Å². The van der Waals surface area contributed by atoms with Gasteiger partial charge in [-0.25, -0.2) is 4.98 Å². The summed E-state index contributed by atoms with van der Waals surface area (Å²) in [5.41, 5.74) is 10.6. The van der Waals surface area contributed by atoms with Crippen molar-refractivity contribution >= 4 is 23.2 Å². The highest BCUT2D eigenvalue weighted by molar-refractivity contribution is 6.00. The molecule has 0 spiro atoms.